The molecule has 1 aromatic heterocycles. The third-order valence-electron chi connectivity index (χ3n) is 1.80. The number of nitrogens with one attached hydrogen (secondary N) is 1. The van der Waals surface area contributed by atoms with Crippen LogP contribution >= 0.6 is 12.2 Å². The van der Waals surface area contributed by atoms with Crippen LogP contribution in [0.3, 0.4) is 0 Å². The summed E-state index contributed by atoms with van der Waals surface area (Å²) in [6, 6.07) is 1.32. The molecule has 6 nitrogen and oxygen atoms in total. The molecule has 92 valence electrons. The van der Waals surface area contributed by atoms with Gasteiger partial charge in [0.15, 0.2) is 4.77 Å². The molecule has 0 unspecified atom stereocenters. The number of nitrogens with zero attached hydrogens (tertiary/aromatic N) is 1. The summed E-state index contributed by atoms with van der Waals surface area (Å²) in [5.74, 6) is 0.384. The Labute approximate surface area is 127 Å². The Hall–Kier alpha value is -0.180. The van der Waals surface area contributed by atoms with E-state index in [0.29, 0.717) is 23.7 Å². The second kappa shape index (κ2) is 10.9. The second-order valence-electron chi connectivity index (χ2n) is 2.86. The molecular weight excluding hydrogens is 253 g/mol. The first-order valence-corrected chi connectivity index (χ1v) is 5.05. The largest absolute Gasteiger partial charge is 1.00 e. The minimum atomic E-state index is -0.268. The Morgan fingerprint density at radius 1 is 1.59 bits per heavy atom. The first-order chi connectivity index (χ1) is 7.65. The topological polar surface area (TPSA) is 96.1 Å². The van der Waals surface area contributed by atoms with Gasteiger partial charge in [0.05, 0.1) is 0 Å². The predicted octanol–water partition coefficient (Wildman–Crippen LogP) is -3.49. The summed E-state index contributed by atoms with van der Waals surface area (Å²) in [6.07, 6.45) is 0.807. The van der Waals surface area contributed by atoms with Crippen LogP contribution in [0.2, 0.25) is 0 Å². The van der Waals surface area contributed by atoms with E-state index in [2.05, 4.69) is 4.98 Å². The maximum absolute atomic E-state index is 11.0. The zero-order valence-corrected chi connectivity index (χ0v) is 13.2. The van der Waals surface area contributed by atoms with E-state index in [-0.39, 0.29) is 35.1 Å². The van der Waals surface area contributed by atoms with Gasteiger partial charge in [0.2, 0.25) is 0 Å². The second-order valence-corrected chi connectivity index (χ2v) is 3.25. The Kier molecular flexibility index (Phi) is 12.3. The fraction of sp³-hybridized carbons (Fsp3) is 0.556. The van der Waals surface area contributed by atoms with Crippen molar-refractivity contribution in [1.82, 2.24) is 9.55 Å². The first kappa shape index (κ1) is 19.2. The maximum atomic E-state index is 11.0. The van der Waals surface area contributed by atoms with E-state index in [9.17, 15) is 4.79 Å². The van der Waals surface area contributed by atoms with Gasteiger partial charge in [-0.15, -0.1) is 0 Å². The molecule has 17 heavy (non-hydrogen) atoms. The summed E-state index contributed by atoms with van der Waals surface area (Å²) >= 11 is 4.96. The van der Waals surface area contributed by atoms with Gasteiger partial charge in [0.1, 0.15) is 5.82 Å². The summed E-state index contributed by atoms with van der Waals surface area (Å²) in [5.41, 5.74) is 5.37. The summed E-state index contributed by atoms with van der Waals surface area (Å²) in [6.45, 7) is 1.29. The number of aromatic nitrogens is 2. The van der Waals surface area contributed by atoms with Gasteiger partial charge in [-0.05, 0) is 18.6 Å². The fourth-order valence-corrected chi connectivity index (χ4v) is 1.43. The van der Waals surface area contributed by atoms with Crippen molar-refractivity contribution in [2.75, 3.05) is 26.6 Å². The molecule has 0 aromatic carbocycles. The van der Waals surface area contributed by atoms with Gasteiger partial charge in [-0.25, -0.2) is 0 Å². The molecule has 0 saturated heterocycles. The molecule has 0 radical (unpaired) electrons. The van der Waals surface area contributed by atoms with E-state index >= 15 is 0 Å². The minimum Gasteiger partial charge on any atom is -0.857 e. The summed E-state index contributed by atoms with van der Waals surface area (Å²) in [5, 5.41) is 8.25. The molecule has 0 fully saturated rings. The number of aromatic amines is 1. The average molecular weight is 269 g/mol. The quantitative estimate of drug-likeness (QED) is 0.336. The Balaban J connectivity index is 0. The number of anilines is 1. The molecule has 0 aliphatic heterocycles. The third kappa shape index (κ3) is 6.97. The SMILES string of the molecule is COCCCn1c(N)cc(=O)[nH]c1=S.C[O-].[Na+]. The zero-order chi connectivity index (χ0) is 12.6. The molecule has 0 aliphatic rings. The van der Waals surface area contributed by atoms with E-state index in [0.717, 1.165) is 13.5 Å². The summed E-state index contributed by atoms with van der Waals surface area (Å²) < 4.78 is 6.94. The van der Waals surface area contributed by atoms with Crippen LogP contribution in [0.25, 0.3) is 0 Å². The van der Waals surface area contributed by atoms with Crippen molar-refractivity contribution >= 4 is 18.0 Å². The molecule has 1 rings (SSSR count). The standard InChI is InChI=1S/C8H13N3O2S.CH3O.Na/c1-13-4-2-3-11-6(9)5-7(12)10-8(11)14;1-2;/h5H,2-4,9H2,1H3,(H,10,12,14);1H3;/q;-1;+1. The minimum absolute atomic E-state index is 0. The van der Waals surface area contributed by atoms with Gasteiger partial charge in [0, 0.05) is 26.3 Å². The molecule has 0 aliphatic carbocycles. The van der Waals surface area contributed by atoms with Crippen LogP contribution in [-0.4, -0.2) is 30.4 Å². The van der Waals surface area contributed by atoms with Crippen LogP contribution in [0.1, 0.15) is 6.42 Å². The molecule has 1 aromatic rings. The smallest absolute Gasteiger partial charge is 0.857 e. The van der Waals surface area contributed by atoms with Crippen LogP contribution in [0.15, 0.2) is 10.9 Å². The van der Waals surface area contributed by atoms with Gasteiger partial charge < -0.3 is 20.1 Å². The van der Waals surface area contributed by atoms with Crippen LogP contribution in [0.5, 0.6) is 0 Å². The molecule has 0 atom stereocenters. The predicted molar refractivity (Wildman–Crippen MR) is 62.7 cm³/mol. The Bertz CT molecular complexity index is 419. The number of nitrogens with two attached hydrogens (primary N) is 1. The van der Waals surface area contributed by atoms with Crippen molar-refractivity contribution in [2.24, 2.45) is 0 Å². The van der Waals surface area contributed by atoms with Gasteiger partial charge in [0.25, 0.3) is 5.56 Å². The van der Waals surface area contributed by atoms with Crippen LogP contribution in [0, 0.1) is 4.77 Å². The number of H-pyrrole nitrogens is 1. The van der Waals surface area contributed by atoms with E-state index < -0.39 is 0 Å². The normalized spacial score (nSPS) is 8.88. The Morgan fingerprint density at radius 2 is 2.18 bits per heavy atom. The monoisotopic (exact) mass is 269 g/mol. The Morgan fingerprint density at radius 3 is 2.65 bits per heavy atom. The molecule has 1 heterocycles. The number of nitrogen functional groups attached to an aromatic ring is 1. The molecule has 3 N–H and O–H groups in total. The van der Waals surface area contributed by atoms with Crippen molar-refractivity contribution < 1.29 is 39.4 Å². The van der Waals surface area contributed by atoms with Gasteiger partial charge >= 0.3 is 29.6 Å². The van der Waals surface area contributed by atoms with E-state index in [1.165, 1.54) is 6.07 Å². The van der Waals surface area contributed by atoms with Gasteiger partial charge in [-0.3, -0.25) is 9.78 Å². The van der Waals surface area contributed by atoms with Crippen molar-refractivity contribution in [1.29, 1.82) is 0 Å². The molecule has 0 amide bonds. The van der Waals surface area contributed by atoms with Gasteiger partial charge in [-0.1, -0.05) is 0 Å². The van der Waals surface area contributed by atoms with E-state index in [4.69, 9.17) is 27.8 Å². The number of ether oxygens (including phenoxy) is 1. The first-order valence-electron chi connectivity index (χ1n) is 4.64. The van der Waals surface area contributed by atoms with E-state index in [1.54, 1.807) is 11.7 Å². The van der Waals surface area contributed by atoms with Gasteiger partial charge in [-0.2, -0.15) is 7.11 Å². The van der Waals surface area contributed by atoms with Crippen LogP contribution < -0.4 is 46.0 Å². The molecule has 8 heteroatoms. The fourth-order valence-electron chi connectivity index (χ4n) is 1.14. The van der Waals surface area contributed by atoms with Crippen molar-refractivity contribution in [3.63, 3.8) is 0 Å². The molecule has 0 saturated carbocycles. The zero-order valence-electron chi connectivity index (χ0n) is 10.4. The van der Waals surface area contributed by atoms with Crippen molar-refractivity contribution in [2.45, 2.75) is 13.0 Å². The summed E-state index contributed by atoms with van der Waals surface area (Å²) in [7, 11) is 2.38. The van der Waals surface area contributed by atoms with Crippen LogP contribution in [-0.2, 0) is 11.3 Å². The molecule has 0 bridgehead atoms. The maximum Gasteiger partial charge on any atom is 1.00 e. The summed E-state index contributed by atoms with van der Waals surface area (Å²) in [4.78, 5) is 13.5. The number of methoxy groups -OCH3 is 1. The molecule has 0 spiro atoms. The van der Waals surface area contributed by atoms with Crippen LogP contribution in [0.4, 0.5) is 5.82 Å². The number of hydrogen-bond acceptors (Lipinski definition) is 5. The number of hydrogen-bond donors (Lipinski definition) is 2. The van der Waals surface area contributed by atoms with Crippen molar-refractivity contribution in [3.8, 4) is 0 Å². The average Bonchev–Trinajstić information content (AvgIpc) is 2.25. The van der Waals surface area contributed by atoms with E-state index in [1.807, 2.05) is 0 Å². The third-order valence-corrected chi connectivity index (χ3v) is 2.12. The number of rotatable bonds is 4. The van der Waals surface area contributed by atoms with Crippen molar-refractivity contribution in [3.05, 3.63) is 21.2 Å². The molecular formula is C9H16N3NaO3S.